The van der Waals surface area contributed by atoms with Crippen molar-refractivity contribution in [3.05, 3.63) is 41.5 Å². The standard InChI is InChI=1S/C19H21N3O3S/c1-12-8-21(9-13(2)25-12)18(23)17-11-26-19-20-16(10-22(17)19)14-5-4-6-15(7-14)24-3/h4-7,10-13H,8-9H2,1-3H3/t12-,13+. The average Bonchev–Trinajstić information content (AvgIpc) is 3.21. The number of carbonyl (C=O) groups excluding carboxylic acids is 1. The molecule has 2 atom stereocenters. The fourth-order valence-corrected chi connectivity index (χ4v) is 4.21. The van der Waals surface area contributed by atoms with Gasteiger partial charge in [-0.1, -0.05) is 12.1 Å². The smallest absolute Gasteiger partial charge is 0.271 e. The lowest BCUT2D eigenvalue weighted by atomic mass is 10.1. The molecular formula is C19H21N3O3S. The molecule has 1 fully saturated rings. The predicted octanol–water partition coefficient (Wildman–Crippen LogP) is 3.32. The van der Waals surface area contributed by atoms with Crippen molar-refractivity contribution in [2.24, 2.45) is 0 Å². The minimum atomic E-state index is 0.0212. The molecule has 0 unspecified atom stereocenters. The van der Waals surface area contributed by atoms with Crippen molar-refractivity contribution in [1.82, 2.24) is 14.3 Å². The molecule has 3 heterocycles. The van der Waals surface area contributed by atoms with Gasteiger partial charge in [0.25, 0.3) is 5.91 Å². The van der Waals surface area contributed by atoms with Gasteiger partial charge in [0.2, 0.25) is 0 Å². The van der Waals surface area contributed by atoms with Crippen molar-refractivity contribution < 1.29 is 14.3 Å². The second-order valence-corrected chi connectivity index (χ2v) is 7.44. The molecule has 2 aromatic heterocycles. The number of methoxy groups -OCH3 is 1. The lowest BCUT2D eigenvalue weighted by Crippen LogP contribution is -2.48. The summed E-state index contributed by atoms with van der Waals surface area (Å²) in [6.45, 7) is 5.21. The van der Waals surface area contributed by atoms with Crippen LogP contribution in [0.3, 0.4) is 0 Å². The molecule has 4 rings (SSSR count). The largest absolute Gasteiger partial charge is 0.497 e. The summed E-state index contributed by atoms with van der Waals surface area (Å²) in [5, 5.41) is 1.88. The Morgan fingerprint density at radius 3 is 2.81 bits per heavy atom. The van der Waals surface area contributed by atoms with Gasteiger partial charge in [-0.3, -0.25) is 9.20 Å². The van der Waals surface area contributed by atoms with Crippen LogP contribution in [0.15, 0.2) is 35.8 Å². The summed E-state index contributed by atoms with van der Waals surface area (Å²) in [6, 6.07) is 7.77. The van der Waals surface area contributed by atoms with E-state index in [9.17, 15) is 4.79 Å². The van der Waals surface area contributed by atoms with Gasteiger partial charge >= 0.3 is 0 Å². The van der Waals surface area contributed by atoms with Gasteiger partial charge in [0.1, 0.15) is 11.4 Å². The number of hydrogen-bond donors (Lipinski definition) is 0. The number of rotatable bonds is 3. The third kappa shape index (κ3) is 3.08. The number of nitrogens with zero attached hydrogens (tertiary/aromatic N) is 3. The van der Waals surface area contributed by atoms with Crippen molar-refractivity contribution in [3.8, 4) is 17.0 Å². The Morgan fingerprint density at radius 1 is 1.31 bits per heavy atom. The van der Waals surface area contributed by atoms with Crippen LogP contribution in [0.5, 0.6) is 5.75 Å². The van der Waals surface area contributed by atoms with E-state index in [1.54, 1.807) is 7.11 Å². The Balaban J connectivity index is 1.66. The van der Waals surface area contributed by atoms with Gasteiger partial charge in [-0.2, -0.15) is 0 Å². The van der Waals surface area contributed by atoms with E-state index in [0.717, 1.165) is 22.0 Å². The normalized spacial score (nSPS) is 20.5. The van der Waals surface area contributed by atoms with E-state index in [-0.39, 0.29) is 18.1 Å². The summed E-state index contributed by atoms with van der Waals surface area (Å²) in [6.07, 6.45) is 2.01. The Hall–Kier alpha value is -2.38. The fourth-order valence-electron chi connectivity index (χ4n) is 3.36. The maximum Gasteiger partial charge on any atom is 0.271 e. The predicted molar refractivity (Wildman–Crippen MR) is 101 cm³/mol. The first-order valence-electron chi connectivity index (χ1n) is 8.61. The number of carbonyl (C=O) groups is 1. The van der Waals surface area contributed by atoms with Gasteiger partial charge in [0.15, 0.2) is 4.96 Å². The number of fused-ring (bicyclic) bond motifs is 1. The van der Waals surface area contributed by atoms with Gasteiger partial charge in [-0.25, -0.2) is 4.98 Å². The number of imidazole rings is 1. The van der Waals surface area contributed by atoms with Crippen LogP contribution in [0, 0.1) is 0 Å². The number of ether oxygens (including phenoxy) is 2. The Bertz CT molecular complexity index is 939. The zero-order valence-corrected chi connectivity index (χ0v) is 15.8. The number of aromatic nitrogens is 2. The molecule has 0 bridgehead atoms. The van der Waals surface area contributed by atoms with Crippen LogP contribution in [0.4, 0.5) is 0 Å². The molecular weight excluding hydrogens is 350 g/mol. The van der Waals surface area contributed by atoms with Gasteiger partial charge < -0.3 is 14.4 Å². The highest BCUT2D eigenvalue weighted by molar-refractivity contribution is 7.15. The molecule has 0 saturated carbocycles. The van der Waals surface area contributed by atoms with Crippen LogP contribution in [0.25, 0.3) is 16.2 Å². The molecule has 1 aliphatic heterocycles. The summed E-state index contributed by atoms with van der Waals surface area (Å²) >= 11 is 1.48. The summed E-state index contributed by atoms with van der Waals surface area (Å²) in [5.41, 5.74) is 2.44. The topological polar surface area (TPSA) is 56.1 Å². The lowest BCUT2D eigenvalue weighted by Gasteiger charge is -2.35. The molecule has 7 heteroatoms. The van der Waals surface area contributed by atoms with Crippen LogP contribution in [0.2, 0.25) is 0 Å². The van der Waals surface area contributed by atoms with E-state index >= 15 is 0 Å². The average molecular weight is 371 g/mol. The van der Waals surface area contributed by atoms with Crippen LogP contribution in [-0.4, -0.2) is 52.6 Å². The van der Waals surface area contributed by atoms with E-state index < -0.39 is 0 Å². The highest BCUT2D eigenvalue weighted by Crippen LogP contribution is 2.27. The van der Waals surface area contributed by atoms with Crippen molar-refractivity contribution in [1.29, 1.82) is 0 Å². The molecule has 136 valence electrons. The number of thiazole rings is 1. The highest BCUT2D eigenvalue weighted by atomic mass is 32.1. The van der Waals surface area contributed by atoms with Crippen molar-refractivity contribution >= 4 is 22.2 Å². The minimum Gasteiger partial charge on any atom is -0.497 e. The highest BCUT2D eigenvalue weighted by Gasteiger charge is 2.28. The number of morpholine rings is 1. The molecule has 0 spiro atoms. The first-order valence-corrected chi connectivity index (χ1v) is 9.49. The van der Waals surface area contributed by atoms with Crippen LogP contribution < -0.4 is 4.74 Å². The molecule has 1 aliphatic rings. The van der Waals surface area contributed by atoms with E-state index in [2.05, 4.69) is 4.98 Å². The van der Waals surface area contributed by atoms with Gasteiger partial charge in [-0.15, -0.1) is 11.3 Å². The SMILES string of the molecule is COc1cccc(-c2cn3c(C(=O)N4C[C@@H](C)O[C@@H](C)C4)csc3n2)c1. The van der Waals surface area contributed by atoms with E-state index in [1.807, 2.05) is 59.0 Å². The van der Waals surface area contributed by atoms with Crippen molar-refractivity contribution in [2.45, 2.75) is 26.1 Å². The Morgan fingerprint density at radius 2 is 2.08 bits per heavy atom. The van der Waals surface area contributed by atoms with Gasteiger partial charge in [-0.05, 0) is 26.0 Å². The summed E-state index contributed by atoms with van der Waals surface area (Å²) < 4.78 is 12.9. The first kappa shape index (κ1) is 17.1. The lowest BCUT2D eigenvalue weighted by molar-refractivity contribution is -0.0587. The van der Waals surface area contributed by atoms with E-state index in [1.165, 1.54) is 11.3 Å². The molecule has 1 aromatic carbocycles. The molecule has 6 nitrogen and oxygen atoms in total. The molecule has 3 aromatic rings. The number of amides is 1. The molecule has 1 saturated heterocycles. The zero-order chi connectivity index (χ0) is 18.3. The summed E-state index contributed by atoms with van der Waals surface area (Å²) in [5.74, 6) is 0.805. The molecule has 0 aliphatic carbocycles. The van der Waals surface area contributed by atoms with Gasteiger partial charge in [0, 0.05) is 30.2 Å². The zero-order valence-electron chi connectivity index (χ0n) is 15.0. The third-order valence-corrected chi connectivity index (χ3v) is 5.34. The van der Waals surface area contributed by atoms with Crippen molar-refractivity contribution in [2.75, 3.05) is 20.2 Å². The Kier molecular flexibility index (Phi) is 4.42. The maximum atomic E-state index is 13.0. The van der Waals surface area contributed by atoms with E-state index in [0.29, 0.717) is 18.8 Å². The summed E-state index contributed by atoms with van der Waals surface area (Å²) in [7, 11) is 1.64. The maximum absolute atomic E-state index is 13.0. The van der Waals surface area contributed by atoms with Crippen LogP contribution in [0.1, 0.15) is 24.3 Å². The second kappa shape index (κ2) is 6.74. The molecule has 1 amide bonds. The monoisotopic (exact) mass is 371 g/mol. The van der Waals surface area contributed by atoms with Crippen LogP contribution in [-0.2, 0) is 4.74 Å². The third-order valence-electron chi connectivity index (χ3n) is 4.50. The summed E-state index contributed by atoms with van der Waals surface area (Å²) in [4.78, 5) is 20.4. The molecule has 26 heavy (non-hydrogen) atoms. The fraction of sp³-hybridized carbons (Fsp3) is 0.368. The number of benzene rings is 1. The molecule has 0 radical (unpaired) electrons. The minimum absolute atomic E-state index is 0.0212. The number of hydrogen-bond acceptors (Lipinski definition) is 5. The van der Waals surface area contributed by atoms with E-state index in [4.69, 9.17) is 9.47 Å². The molecule has 0 N–H and O–H groups in total. The first-order chi connectivity index (χ1) is 12.5. The van der Waals surface area contributed by atoms with Crippen LogP contribution >= 0.6 is 11.3 Å². The van der Waals surface area contributed by atoms with Crippen molar-refractivity contribution in [3.63, 3.8) is 0 Å². The second-order valence-electron chi connectivity index (χ2n) is 6.60. The van der Waals surface area contributed by atoms with Gasteiger partial charge in [0.05, 0.1) is 25.0 Å². The Labute approximate surface area is 156 Å². The quantitative estimate of drug-likeness (QED) is 0.709.